The van der Waals surface area contributed by atoms with Crippen LogP contribution in [0, 0.1) is 0 Å². The summed E-state index contributed by atoms with van der Waals surface area (Å²) in [6.07, 6.45) is 4.88. The highest BCUT2D eigenvalue weighted by Crippen LogP contribution is 2.14. The lowest BCUT2D eigenvalue weighted by Crippen LogP contribution is -2.28. The lowest BCUT2D eigenvalue weighted by molar-refractivity contribution is 0.157. The van der Waals surface area contributed by atoms with E-state index in [1.807, 2.05) is 36.5 Å². The number of nitrogens with zero attached hydrogens (tertiary/aromatic N) is 4. The summed E-state index contributed by atoms with van der Waals surface area (Å²) in [4.78, 5) is 29.6. The van der Waals surface area contributed by atoms with Crippen molar-refractivity contribution in [2.24, 2.45) is 0 Å². The van der Waals surface area contributed by atoms with Gasteiger partial charge in [0.05, 0.1) is 6.54 Å². The zero-order valence-electron chi connectivity index (χ0n) is 15.6. The first-order valence-corrected chi connectivity index (χ1v) is 9.18. The van der Waals surface area contributed by atoms with E-state index in [-0.39, 0.29) is 12.1 Å². The molecule has 29 heavy (non-hydrogen) atoms. The Morgan fingerprint density at radius 1 is 1.14 bits per heavy atom. The molecule has 0 bridgehead atoms. The van der Waals surface area contributed by atoms with Gasteiger partial charge in [0.2, 0.25) is 0 Å². The Kier molecular flexibility index (Phi) is 5.37. The van der Waals surface area contributed by atoms with E-state index in [2.05, 4.69) is 20.7 Å². The Morgan fingerprint density at radius 3 is 2.72 bits per heavy atom. The average Bonchev–Trinajstić information content (AvgIpc) is 3.41. The fraction of sp³-hybridized carbons (Fsp3) is 0.200. The number of benzene rings is 1. The first-order chi connectivity index (χ1) is 14.2. The van der Waals surface area contributed by atoms with E-state index in [4.69, 9.17) is 4.74 Å². The second-order valence-electron chi connectivity index (χ2n) is 6.51. The van der Waals surface area contributed by atoms with Gasteiger partial charge in [0.1, 0.15) is 6.61 Å². The molecule has 2 N–H and O–H groups in total. The Balaban J connectivity index is 1.28. The van der Waals surface area contributed by atoms with Crippen molar-refractivity contribution < 1.29 is 14.3 Å². The molecular weight excluding hydrogens is 372 g/mol. The van der Waals surface area contributed by atoms with Gasteiger partial charge in [-0.05, 0) is 41.5 Å². The number of pyridine rings is 1. The van der Waals surface area contributed by atoms with Crippen LogP contribution in [0.1, 0.15) is 11.1 Å². The third-order valence-corrected chi connectivity index (χ3v) is 4.43. The van der Waals surface area contributed by atoms with Gasteiger partial charge >= 0.3 is 12.1 Å². The normalized spacial score (nSPS) is 13.2. The van der Waals surface area contributed by atoms with E-state index in [9.17, 15) is 9.59 Å². The number of carbonyl (C=O) groups is 2. The van der Waals surface area contributed by atoms with Gasteiger partial charge in [0.15, 0.2) is 5.82 Å². The zero-order chi connectivity index (χ0) is 20.1. The van der Waals surface area contributed by atoms with Crippen LogP contribution in [0.5, 0.6) is 0 Å². The van der Waals surface area contributed by atoms with Crippen molar-refractivity contribution in [2.45, 2.75) is 13.1 Å². The number of amides is 3. The van der Waals surface area contributed by atoms with Gasteiger partial charge in [0, 0.05) is 37.4 Å². The van der Waals surface area contributed by atoms with Crippen molar-refractivity contribution in [3.8, 4) is 5.82 Å². The molecule has 0 saturated carbocycles. The molecule has 0 radical (unpaired) electrons. The number of cyclic esters (lactones) is 1. The average molecular weight is 392 g/mol. The fourth-order valence-electron chi connectivity index (χ4n) is 2.94. The summed E-state index contributed by atoms with van der Waals surface area (Å²) in [5.41, 5.74) is 2.55. The number of hydrogen-bond acceptors (Lipinski definition) is 5. The predicted octanol–water partition coefficient (Wildman–Crippen LogP) is 2.54. The van der Waals surface area contributed by atoms with Crippen molar-refractivity contribution in [2.75, 3.05) is 18.5 Å². The summed E-state index contributed by atoms with van der Waals surface area (Å²) >= 11 is 0. The van der Waals surface area contributed by atoms with E-state index in [0.29, 0.717) is 37.7 Å². The number of urea groups is 1. The molecule has 9 nitrogen and oxygen atoms in total. The number of nitrogens with one attached hydrogen (secondary N) is 2. The molecule has 0 spiro atoms. The van der Waals surface area contributed by atoms with Gasteiger partial charge in [-0.2, -0.15) is 5.10 Å². The van der Waals surface area contributed by atoms with Crippen LogP contribution in [0.3, 0.4) is 0 Å². The fourth-order valence-corrected chi connectivity index (χ4v) is 2.94. The zero-order valence-corrected chi connectivity index (χ0v) is 15.6. The van der Waals surface area contributed by atoms with Gasteiger partial charge in [-0.25, -0.2) is 19.3 Å². The maximum atomic E-state index is 12.2. The molecule has 9 heteroatoms. The number of aromatic nitrogens is 3. The molecule has 4 rings (SSSR count). The molecular formula is C20H20N6O3. The molecule has 148 valence electrons. The van der Waals surface area contributed by atoms with Crippen LogP contribution >= 0.6 is 0 Å². The van der Waals surface area contributed by atoms with Gasteiger partial charge in [-0.3, -0.25) is 0 Å². The van der Waals surface area contributed by atoms with Crippen LogP contribution in [0.25, 0.3) is 5.82 Å². The Labute approximate surface area is 167 Å². The summed E-state index contributed by atoms with van der Waals surface area (Å²) in [6, 6.07) is 12.6. The quantitative estimate of drug-likeness (QED) is 0.671. The molecule has 0 atom stereocenters. The Morgan fingerprint density at radius 2 is 2.00 bits per heavy atom. The van der Waals surface area contributed by atoms with Gasteiger partial charge in [-0.15, -0.1) is 0 Å². The molecule has 3 aromatic rings. The van der Waals surface area contributed by atoms with E-state index in [1.165, 1.54) is 0 Å². The maximum Gasteiger partial charge on any atom is 0.410 e. The molecule has 1 fully saturated rings. The summed E-state index contributed by atoms with van der Waals surface area (Å²) in [7, 11) is 0. The highest BCUT2D eigenvalue weighted by Gasteiger charge is 2.21. The van der Waals surface area contributed by atoms with E-state index < -0.39 is 0 Å². The van der Waals surface area contributed by atoms with Crippen molar-refractivity contribution in [1.29, 1.82) is 0 Å². The highest BCUT2D eigenvalue weighted by atomic mass is 16.6. The van der Waals surface area contributed by atoms with Crippen LogP contribution in [-0.4, -0.2) is 44.9 Å². The molecule has 3 amide bonds. The van der Waals surface area contributed by atoms with E-state index in [1.54, 1.807) is 34.1 Å². The van der Waals surface area contributed by atoms with Crippen molar-refractivity contribution >= 4 is 17.8 Å². The lowest BCUT2D eigenvalue weighted by Gasteiger charge is -2.13. The molecule has 3 heterocycles. The first-order valence-electron chi connectivity index (χ1n) is 9.18. The maximum absolute atomic E-state index is 12.2. The molecule has 1 aliphatic heterocycles. The number of ether oxygens (including phenoxy) is 1. The monoisotopic (exact) mass is 392 g/mol. The van der Waals surface area contributed by atoms with Crippen LogP contribution in [-0.2, 0) is 17.8 Å². The van der Waals surface area contributed by atoms with Crippen molar-refractivity contribution in [3.05, 3.63) is 72.2 Å². The number of rotatable bonds is 6. The SMILES string of the molecule is O=C(NCc1ccnc(-n2cccn2)c1)Nc1ccc(CN2CCOC2=O)cc1. The van der Waals surface area contributed by atoms with Crippen LogP contribution in [0.15, 0.2) is 61.1 Å². The number of hydrogen-bond donors (Lipinski definition) is 2. The van der Waals surface area contributed by atoms with Crippen LogP contribution < -0.4 is 10.6 Å². The summed E-state index contributed by atoms with van der Waals surface area (Å²) in [5.74, 6) is 0.687. The number of carbonyl (C=O) groups excluding carboxylic acids is 2. The third kappa shape index (κ3) is 4.70. The largest absolute Gasteiger partial charge is 0.448 e. The molecule has 0 unspecified atom stereocenters. The highest BCUT2D eigenvalue weighted by molar-refractivity contribution is 5.89. The summed E-state index contributed by atoms with van der Waals surface area (Å²) in [6.45, 7) is 1.88. The topological polar surface area (TPSA) is 101 Å². The van der Waals surface area contributed by atoms with Gasteiger partial charge in [-0.1, -0.05) is 12.1 Å². The Bertz CT molecular complexity index is 988. The molecule has 1 aliphatic rings. The molecule has 1 aromatic carbocycles. The van der Waals surface area contributed by atoms with Crippen LogP contribution in [0.4, 0.5) is 15.3 Å². The van der Waals surface area contributed by atoms with Gasteiger partial charge < -0.3 is 20.3 Å². The van der Waals surface area contributed by atoms with E-state index >= 15 is 0 Å². The second-order valence-corrected chi connectivity index (χ2v) is 6.51. The van der Waals surface area contributed by atoms with Crippen molar-refractivity contribution in [3.63, 3.8) is 0 Å². The second kappa shape index (κ2) is 8.42. The molecule has 2 aromatic heterocycles. The van der Waals surface area contributed by atoms with E-state index in [0.717, 1.165) is 11.1 Å². The van der Waals surface area contributed by atoms with Gasteiger partial charge in [0.25, 0.3) is 0 Å². The predicted molar refractivity (Wildman–Crippen MR) is 105 cm³/mol. The summed E-state index contributed by atoms with van der Waals surface area (Å²) < 4.78 is 6.58. The first kappa shape index (κ1) is 18.5. The molecule has 0 aliphatic carbocycles. The smallest absolute Gasteiger partial charge is 0.410 e. The molecule has 1 saturated heterocycles. The summed E-state index contributed by atoms with van der Waals surface area (Å²) in [5, 5.41) is 9.77. The minimum atomic E-state index is -0.307. The Hall–Kier alpha value is -3.88. The lowest BCUT2D eigenvalue weighted by atomic mass is 10.2. The number of anilines is 1. The van der Waals surface area contributed by atoms with Crippen LogP contribution in [0.2, 0.25) is 0 Å². The minimum Gasteiger partial charge on any atom is -0.448 e. The third-order valence-electron chi connectivity index (χ3n) is 4.43. The minimum absolute atomic E-state index is 0.293. The van der Waals surface area contributed by atoms with Crippen molar-refractivity contribution in [1.82, 2.24) is 25.0 Å². The standard InChI is InChI=1S/C20H20N6O3/c27-19(22-13-16-6-8-21-18(12-16)26-9-1-7-23-26)24-17-4-2-15(3-5-17)14-25-10-11-29-20(25)28/h1-9,12H,10-11,13-14H2,(H2,22,24,27).